The zero-order valence-electron chi connectivity index (χ0n) is 9.16. The molecule has 0 saturated heterocycles. The maximum absolute atomic E-state index is 11.2. The molecule has 0 aromatic carbocycles. The van der Waals surface area contributed by atoms with Crippen LogP contribution >= 0.6 is 0 Å². The number of ether oxygens (including phenoxy) is 1. The largest absolute Gasteiger partial charge is 0.481 e. The summed E-state index contributed by atoms with van der Waals surface area (Å²) < 4.78 is 5.02. The van der Waals surface area contributed by atoms with Crippen molar-refractivity contribution in [2.75, 3.05) is 0 Å². The van der Waals surface area contributed by atoms with Crippen LogP contribution < -0.4 is 0 Å². The Morgan fingerprint density at radius 3 is 2.14 bits per heavy atom. The zero-order chi connectivity index (χ0) is 11.4. The van der Waals surface area contributed by atoms with E-state index in [1.807, 2.05) is 0 Å². The Morgan fingerprint density at radius 2 is 1.86 bits per heavy atom. The molecule has 0 bridgehead atoms. The maximum Gasteiger partial charge on any atom is 0.307 e. The van der Waals surface area contributed by atoms with Gasteiger partial charge >= 0.3 is 11.9 Å². The number of carboxylic acids is 1. The predicted molar refractivity (Wildman–Crippen MR) is 51.9 cm³/mol. The molecule has 0 saturated carbocycles. The topological polar surface area (TPSA) is 63.6 Å². The van der Waals surface area contributed by atoms with Gasteiger partial charge in [-0.1, -0.05) is 6.92 Å². The van der Waals surface area contributed by atoms with Crippen LogP contribution in [0.3, 0.4) is 0 Å². The van der Waals surface area contributed by atoms with Gasteiger partial charge in [0.2, 0.25) is 0 Å². The SMILES string of the molecule is CC[C@@H](CC(=O)OC(C)(C)C)C(=O)O. The van der Waals surface area contributed by atoms with Crippen molar-refractivity contribution >= 4 is 11.9 Å². The summed E-state index contributed by atoms with van der Waals surface area (Å²) in [6.45, 7) is 7.01. The molecule has 0 aliphatic rings. The molecule has 0 aliphatic heterocycles. The van der Waals surface area contributed by atoms with Crippen LogP contribution in [0.4, 0.5) is 0 Å². The van der Waals surface area contributed by atoms with Crippen molar-refractivity contribution in [3.63, 3.8) is 0 Å². The number of esters is 1. The molecule has 0 aromatic heterocycles. The summed E-state index contributed by atoms with van der Waals surface area (Å²) in [4.78, 5) is 21.9. The average molecular weight is 202 g/mol. The Bertz CT molecular complexity index is 215. The Labute approximate surface area is 84.3 Å². The summed E-state index contributed by atoms with van der Waals surface area (Å²) in [5.74, 6) is -2.03. The van der Waals surface area contributed by atoms with Crippen molar-refractivity contribution < 1.29 is 19.4 Å². The van der Waals surface area contributed by atoms with Crippen LogP contribution in [-0.4, -0.2) is 22.6 Å². The Morgan fingerprint density at radius 1 is 1.36 bits per heavy atom. The average Bonchev–Trinajstić information content (AvgIpc) is 1.96. The quantitative estimate of drug-likeness (QED) is 0.706. The molecular weight excluding hydrogens is 184 g/mol. The highest BCUT2D eigenvalue weighted by Gasteiger charge is 2.23. The van der Waals surface area contributed by atoms with Gasteiger partial charge in [-0.25, -0.2) is 0 Å². The lowest BCUT2D eigenvalue weighted by Crippen LogP contribution is -2.27. The monoisotopic (exact) mass is 202 g/mol. The predicted octanol–water partition coefficient (Wildman–Crippen LogP) is 1.83. The third kappa shape index (κ3) is 5.56. The minimum absolute atomic E-state index is 0.0525. The minimum atomic E-state index is -0.946. The number of hydrogen-bond acceptors (Lipinski definition) is 3. The molecule has 82 valence electrons. The highest BCUT2D eigenvalue weighted by atomic mass is 16.6. The second-order valence-electron chi connectivity index (χ2n) is 4.23. The van der Waals surface area contributed by atoms with Gasteiger partial charge in [-0.05, 0) is 27.2 Å². The van der Waals surface area contributed by atoms with E-state index in [0.717, 1.165) is 0 Å². The number of carboxylic acid groups (broad SMARTS) is 1. The fourth-order valence-electron chi connectivity index (χ4n) is 0.991. The van der Waals surface area contributed by atoms with Crippen LogP contribution in [-0.2, 0) is 14.3 Å². The van der Waals surface area contributed by atoms with Crippen LogP contribution in [0.25, 0.3) is 0 Å². The highest BCUT2D eigenvalue weighted by Crippen LogP contribution is 2.14. The van der Waals surface area contributed by atoms with Crippen LogP contribution in [0.2, 0.25) is 0 Å². The van der Waals surface area contributed by atoms with Crippen LogP contribution in [0.1, 0.15) is 40.5 Å². The van der Waals surface area contributed by atoms with E-state index < -0.39 is 23.5 Å². The van der Waals surface area contributed by atoms with Crippen molar-refractivity contribution in [2.24, 2.45) is 5.92 Å². The minimum Gasteiger partial charge on any atom is -0.481 e. The molecule has 4 heteroatoms. The number of carbonyl (C=O) groups is 2. The number of carbonyl (C=O) groups excluding carboxylic acids is 1. The van der Waals surface area contributed by atoms with Gasteiger partial charge in [-0.2, -0.15) is 0 Å². The summed E-state index contributed by atoms with van der Waals surface area (Å²) in [6, 6.07) is 0. The maximum atomic E-state index is 11.2. The van der Waals surface area contributed by atoms with Gasteiger partial charge in [0.25, 0.3) is 0 Å². The van der Waals surface area contributed by atoms with Gasteiger partial charge in [-0.15, -0.1) is 0 Å². The van der Waals surface area contributed by atoms with E-state index in [2.05, 4.69) is 0 Å². The van der Waals surface area contributed by atoms with Crippen LogP contribution in [0.15, 0.2) is 0 Å². The Balaban J connectivity index is 4.11. The third-order valence-corrected chi connectivity index (χ3v) is 1.68. The van der Waals surface area contributed by atoms with E-state index in [4.69, 9.17) is 9.84 Å². The molecule has 0 amide bonds. The van der Waals surface area contributed by atoms with E-state index >= 15 is 0 Å². The van der Waals surface area contributed by atoms with Gasteiger partial charge < -0.3 is 9.84 Å². The molecule has 0 spiro atoms. The highest BCUT2D eigenvalue weighted by molar-refractivity contribution is 5.78. The first-order chi connectivity index (χ1) is 6.26. The first-order valence-electron chi connectivity index (χ1n) is 4.71. The first kappa shape index (κ1) is 12.9. The van der Waals surface area contributed by atoms with Crippen LogP contribution in [0, 0.1) is 5.92 Å². The molecule has 0 aliphatic carbocycles. The van der Waals surface area contributed by atoms with E-state index in [0.29, 0.717) is 6.42 Å². The van der Waals surface area contributed by atoms with Crippen molar-refractivity contribution in [1.82, 2.24) is 0 Å². The number of aliphatic carboxylic acids is 1. The van der Waals surface area contributed by atoms with E-state index in [1.54, 1.807) is 27.7 Å². The fraction of sp³-hybridized carbons (Fsp3) is 0.800. The van der Waals surface area contributed by atoms with Gasteiger partial charge in [0.1, 0.15) is 5.60 Å². The van der Waals surface area contributed by atoms with E-state index in [-0.39, 0.29) is 6.42 Å². The van der Waals surface area contributed by atoms with Crippen molar-refractivity contribution in [3.05, 3.63) is 0 Å². The normalized spacial score (nSPS) is 13.4. The van der Waals surface area contributed by atoms with Gasteiger partial charge in [0, 0.05) is 0 Å². The smallest absolute Gasteiger partial charge is 0.307 e. The van der Waals surface area contributed by atoms with Crippen LogP contribution in [0.5, 0.6) is 0 Å². The van der Waals surface area contributed by atoms with Crippen molar-refractivity contribution in [2.45, 2.75) is 46.1 Å². The molecular formula is C10H18O4. The van der Waals surface area contributed by atoms with Gasteiger partial charge in [-0.3, -0.25) is 9.59 Å². The summed E-state index contributed by atoms with van der Waals surface area (Å²) in [5.41, 5.74) is -0.548. The van der Waals surface area contributed by atoms with Crippen molar-refractivity contribution in [3.8, 4) is 0 Å². The van der Waals surface area contributed by atoms with E-state index in [1.165, 1.54) is 0 Å². The number of hydrogen-bond donors (Lipinski definition) is 1. The molecule has 0 radical (unpaired) electrons. The second-order valence-corrected chi connectivity index (χ2v) is 4.23. The third-order valence-electron chi connectivity index (χ3n) is 1.68. The van der Waals surface area contributed by atoms with Gasteiger partial charge in [0.05, 0.1) is 12.3 Å². The lowest BCUT2D eigenvalue weighted by molar-refractivity contribution is -0.159. The van der Waals surface area contributed by atoms with E-state index in [9.17, 15) is 9.59 Å². The van der Waals surface area contributed by atoms with Gasteiger partial charge in [0.15, 0.2) is 0 Å². The molecule has 4 nitrogen and oxygen atoms in total. The second kappa shape index (κ2) is 4.98. The summed E-state index contributed by atoms with van der Waals surface area (Å²) in [7, 11) is 0. The van der Waals surface area contributed by atoms with Crippen molar-refractivity contribution in [1.29, 1.82) is 0 Å². The molecule has 0 unspecified atom stereocenters. The standard InChI is InChI=1S/C10H18O4/c1-5-7(9(12)13)6-8(11)14-10(2,3)4/h7H,5-6H2,1-4H3,(H,12,13)/t7-/m0/s1. The zero-order valence-corrected chi connectivity index (χ0v) is 9.16. The lowest BCUT2D eigenvalue weighted by Gasteiger charge is -2.20. The lowest BCUT2D eigenvalue weighted by atomic mass is 10.0. The molecule has 1 atom stereocenters. The molecule has 14 heavy (non-hydrogen) atoms. The number of rotatable bonds is 4. The molecule has 0 aromatic rings. The Kier molecular flexibility index (Phi) is 4.60. The molecule has 0 rings (SSSR count). The first-order valence-corrected chi connectivity index (χ1v) is 4.71. The fourth-order valence-corrected chi connectivity index (χ4v) is 0.991. The Hall–Kier alpha value is -1.06. The summed E-state index contributed by atoms with van der Waals surface area (Å²) >= 11 is 0. The molecule has 0 fully saturated rings. The molecule has 1 N–H and O–H groups in total. The summed E-state index contributed by atoms with van der Waals surface area (Å²) in [6.07, 6.45) is 0.387. The molecule has 0 heterocycles. The summed E-state index contributed by atoms with van der Waals surface area (Å²) in [5, 5.41) is 8.71.